The first-order valence-electron chi connectivity index (χ1n) is 8.02. The second-order valence-corrected chi connectivity index (χ2v) is 5.70. The van der Waals surface area contributed by atoms with Crippen molar-refractivity contribution in [3.8, 4) is 5.75 Å². The first-order chi connectivity index (χ1) is 11.8. The van der Waals surface area contributed by atoms with E-state index in [9.17, 15) is 9.59 Å². The van der Waals surface area contributed by atoms with Crippen molar-refractivity contribution < 1.29 is 14.3 Å². The summed E-state index contributed by atoms with van der Waals surface area (Å²) in [4.78, 5) is 27.0. The van der Waals surface area contributed by atoms with Crippen LogP contribution in [0.5, 0.6) is 5.75 Å². The Labute approximate surface area is 141 Å². The SMILES string of the molecule is O=CN1CCN(C(=O)c2ccccc2OCc2ccccc2)CC1. The molecule has 5 heteroatoms. The molecule has 1 aliphatic heterocycles. The molecular weight excluding hydrogens is 304 g/mol. The average molecular weight is 324 g/mol. The number of carbonyl (C=O) groups excluding carboxylic acids is 2. The number of carbonyl (C=O) groups is 2. The Morgan fingerprint density at radius 3 is 2.33 bits per heavy atom. The van der Waals surface area contributed by atoms with Crippen molar-refractivity contribution in [2.45, 2.75) is 6.61 Å². The van der Waals surface area contributed by atoms with E-state index in [1.165, 1.54) is 0 Å². The van der Waals surface area contributed by atoms with Crippen LogP contribution >= 0.6 is 0 Å². The van der Waals surface area contributed by atoms with E-state index in [0.29, 0.717) is 44.1 Å². The lowest BCUT2D eigenvalue weighted by atomic mass is 10.1. The standard InChI is InChI=1S/C19H20N2O3/c22-15-20-10-12-21(13-11-20)19(23)17-8-4-5-9-18(17)24-14-16-6-2-1-3-7-16/h1-9,15H,10-14H2. The van der Waals surface area contributed by atoms with Gasteiger partial charge < -0.3 is 14.5 Å². The smallest absolute Gasteiger partial charge is 0.257 e. The Hall–Kier alpha value is -2.82. The summed E-state index contributed by atoms with van der Waals surface area (Å²) in [5, 5.41) is 0. The van der Waals surface area contributed by atoms with Crippen molar-refractivity contribution >= 4 is 12.3 Å². The monoisotopic (exact) mass is 324 g/mol. The predicted octanol–water partition coefficient (Wildman–Crippen LogP) is 2.18. The summed E-state index contributed by atoms with van der Waals surface area (Å²) in [7, 11) is 0. The molecule has 0 aliphatic carbocycles. The largest absolute Gasteiger partial charge is 0.488 e. The number of benzene rings is 2. The minimum absolute atomic E-state index is 0.0517. The molecule has 124 valence electrons. The van der Waals surface area contributed by atoms with E-state index in [-0.39, 0.29) is 5.91 Å². The highest BCUT2D eigenvalue weighted by Crippen LogP contribution is 2.21. The van der Waals surface area contributed by atoms with Gasteiger partial charge in [0, 0.05) is 26.2 Å². The summed E-state index contributed by atoms with van der Waals surface area (Å²) < 4.78 is 5.86. The van der Waals surface area contributed by atoms with Gasteiger partial charge in [0.15, 0.2) is 0 Å². The third kappa shape index (κ3) is 3.74. The fourth-order valence-corrected chi connectivity index (χ4v) is 2.71. The number of rotatable bonds is 5. The van der Waals surface area contributed by atoms with Crippen LogP contribution in [0.4, 0.5) is 0 Å². The molecule has 3 rings (SSSR count). The average Bonchev–Trinajstić information content (AvgIpc) is 2.67. The van der Waals surface area contributed by atoms with Crippen molar-refractivity contribution in [3.05, 3.63) is 65.7 Å². The molecule has 2 aromatic carbocycles. The Bertz CT molecular complexity index is 695. The maximum Gasteiger partial charge on any atom is 0.257 e. The summed E-state index contributed by atoms with van der Waals surface area (Å²) in [6, 6.07) is 17.2. The molecule has 0 spiro atoms. The van der Waals surface area contributed by atoms with Crippen LogP contribution in [0.3, 0.4) is 0 Å². The molecule has 24 heavy (non-hydrogen) atoms. The molecule has 5 nitrogen and oxygen atoms in total. The fraction of sp³-hybridized carbons (Fsp3) is 0.263. The first-order valence-corrected chi connectivity index (χ1v) is 8.02. The van der Waals surface area contributed by atoms with Gasteiger partial charge in [-0.25, -0.2) is 0 Å². The topological polar surface area (TPSA) is 49.9 Å². The highest BCUT2D eigenvalue weighted by atomic mass is 16.5. The van der Waals surface area contributed by atoms with Crippen LogP contribution in [-0.4, -0.2) is 48.3 Å². The summed E-state index contributed by atoms with van der Waals surface area (Å²) in [5.41, 5.74) is 1.62. The molecule has 1 heterocycles. The summed E-state index contributed by atoms with van der Waals surface area (Å²) >= 11 is 0. The van der Waals surface area contributed by atoms with Gasteiger partial charge >= 0.3 is 0 Å². The van der Waals surface area contributed by atoms with Crippen LogP contribution in [0, 0.1) is 0 Å². The molecular formula is C19H20N2O3. The van der Waals surface area contributed by atoms with E-state index in [2.05, 4.69) is 0 Å². The first kappa shape index (κ1) is 16.1. The molecule has 0 atom stereocenters. The van der Waals surface area contributed by atoms with Crippen LogP contribution in [-0.2, 0) is 11.4 Å². The highest BCUT2D eigenvalue weighted by Gasteiger charge is 2.23. The zero-order valence-electron chi connectivity index (χ0n) is 13.4. The lowest BCUT2D eigenvalue weighted by molar-refractivity contribution is -0.119. The van der Waals surface area contributed by atoms with Crippen LogP contribution < -0.4 is 4.74 Å². The van der Waals surface area contributed by atoms with Gasteiger partial charge in [-0.3, -0.25) is 9.59 Å². The normalized spacial score (nSPS) is 14.3. The van der Waals surface area contributed by atoms with Gasteiger partial charge in [-0.1, -0.05) is 42.5 Å². The van der Waals surface area contributed by atoms with Crippen LogP contribution in [0.1, 0.15) is 15.9 Å². The fourth-order valence-electron chi connectivity index (χ4n) is 2.71. The van der Waals surface area contributed by atoms with E-state index in [1.54, 1.807) is 15.9 Å². The van der Waals surface area contributed by atoms with Gasteiger partial charge in [0.1, 0.15) is 12.4 Å². The molecule has 1 aliphatic rings. The summed E-state index contributed by atoms with van der Waals surface area (Å²) in [5.74, 6) is 0.536. The lowest BCUT2D eigenvalue weighted by Crippen LogP contribution is -2.48. The van der Waals surface area contributed by atoms with Crippen molar-refractivity contribution in [2.24, 2.45) is 0 Å². The molecule has 0 saturated carbocycles. The number of amides is 2. The summed E-state index contributed by atoms with van der Waals surface area (Å²) in [6.07, 6.45) is 0.832. The maximum absolute atomic E-state index is 12.8. The molecule has 2 amide bonds. The van der Waals surface area contributed by atoms with Gasteiger partial charge in [0.2, 0.25) is 6.41 Å². The quantitative estimate of drug-likeness (QED) is 0.792. The number of piperazine rings is 1. The highest BCUT2D eigenvalue weighted by molar-refractivity contribution is 5.97. The third-order valence-electron chi connectivity index (χ3n) is 4.11. The van der Waals surface area contributed by atoms with E-state index in [1.807, 2.05) is 48.5 Å². The van der Waals surface area contributed by atoms with E-state index >= 15 is 0 Å². The van der Waals surface area contributed by atoms with Crippen LogP contribution in [0.2, 0.25) is 0 Å². The lowest BCUT2D eigenvalue weighted by Gasteiger charge is -2.32. The Morgan fingerprint density at radius 2 is 1.62 bits per heavy atom. The van der Waals surface area contributed by atoms with Crippen molar-refractivity contribution in [1.82, 2.24) is 9.80 Å². The number of hydrogen-bond donors (Lipinski definition) is 0. The Balaban J connectivity index is 1.69. The van der Waals surface area contributed by atoms with E-state index in [0.717, 1.165) is 12.0 Å². The van der Waals surface area contributed by atoms with Gasteiger partial charge in [0.05, 0.1) is 5.56 Å². The number of nitrogens with zero attached hydrogens (tertiary/aromatic N) is 2. The molecule has 0 bridgehead atoms. The van der Waals surface area contributed by atoms with Crippen molar-refractivity contribution in [3.63, 3.8) is 0 Å². The third-order valence-corrected chi connectivity index (χ3v) is 4.11. The van der Waals surface area contributed by atoms with Crippen molar-refractivity contribution in [1.29, 1.82) is 0 Å². The molecule has 0 N–H and O–H groups in total. The molecule has 1 saturated heterocycles. The maximum atomic E-state index is 12.8. The zero-order chi connectivity index (χ0) is 16.8. The minimum atomic E-state index is -0.0517. The van der Waals surface area contributed by atoms with Crippen LogP contribution in [0.15, 0.2) is 54.6 Å². The number of ether oxygens (including phenoxy) is 1. The van der Waals surface area contributed by atoms with E-state index in [4.69, 9.17) is 4.74 Å². The Morgan fingerprint density at radius 1 is 0.958 bits per heavy atom. The Kier molecular flexibility index (Phi) is 5.11. The van der Waals surface area contributed by atoms with Gasteiger partial charge in [-0.15, -0.1) is 0 Å². The second-order valence-electron chi connectivity index (χ2n) is 5.70. The summed E-state index contributed by atoms with van der Waals surface area (Å²) in [6.45, 7) is 2.66. The van der Waals surface area contributed by atoms with Crippen LogP contribution in [0.25, 0.3) is 0 Å². The van der Waals surface area contributed by atoms with Crippen molar-refractivity contribution in [2.75, 3.05) is 26.2 Å². The van der Waals surface area contributed by atoms with Gasteiger partial charge in [-0.2, -0.15) is 0 Å². The molecule has 0 radical (unpaired) electrons. The number of para-hydroxylation sites is 1. The zero-order valence-corrected chi connectivity index (χ0v) is 13.4. The minimum Gasteiger partial charge on any atom is -0.488 e. The molecule has 1 fully saturated rings. The predicted molar refractivity (Wildman–Crippen MR) is 90.8 cm³/mol. The second kappa shape index (κ2) is 7.64. The molecule has 0 aromatic heterocycles. The van der Waals surface area contributed by atoms with E-state index < -0.39 is 0 Å². The number of hydrogen-bond acceptors (Lipinski definition) is 3. The van der Waals surface area contributed by atoms with Gasteiger partial charge in [0.25, 0.3) is 5.91 Å². The molecule has 0 unspecified atom stereocenters. The van der Waals surface area contributed by atoms with Gasteiger partial charge in [-0.05, 0) is 17.7 Å². The molecule has 2 aromatic rings.